The van der Waals surface area contributed by atoms with Crippen molar-refractivity contribution in [2.45, 2.75) is 20.3 Å². The molecule has 104 valence electrons. The van der Waals surface area contributed by atoms with Crippen LogP contribution in [0.5, 0.6) is 5.75 Å². The fourth-order valence-corrected chi connectivity index (χ4v) is 1.90. The van der Waals surface area contributed by atoms with E-state index in [9.17, 15) is 9.59 Å². The summed E-state index contributed by atoms with van der Waals surface area (Å²) in [6, 6.07) is 4.97. The van der Waals surface area contributed by atoms with Crippen molar-refractivity contribution in [3.05, 3.63) is 46.0 Å². The Bertz CT molecular complexity index is 689. The van der Waals surface area contributed by atoms with Gasteiger partial charge in [0, 0.05) is 16.8 Å². The number of rotatable bonds is 3. The van der Waals surface area contributed by atoms with Crippen LogP contribution in [0.15, 0.2) is 29.2 Å². The van der Waals surface area contributed by atoms with Gasteiger partial charge in [0.25, 0.3) is 5.56 Å². The van der Waals surface area contributed by atoms with Crippen LogP contribution >= 0.6 is 0 Å². The number of aryl methyl sites for hydroxylation is 2. The molecule has 2 N–H and O–H groups in total. The van der Waals surface area contributed by atoms with Gasteiger partial charge >= 0.3 is 6.16 Å². The summed E-state index contributed by atoms with van der Waals surface area (Å²) in [6.07, 6.45) is 0.579. The molecule has 2 aromatic rings. The van der Waals surface area contributed by atoms with Gasteiger partial charge in [-0.1, -0.05) is 6.92 Å². The lowest BCUT2D eigenvalue weighted by Gasteiger charge is -2.07. The van der Waals surface area contributed by atoms with E-state index < -0.39 is 6.16 Å². The van der Waals surface area contributed by atoms with Crippen molar-refractivity contribution in [2.75, 3.05) is 0 Å². The third-order valence-corrected chi connectivity index (χ3v) is 2.91. The molecule has 0 unspecified atom stereocenters. The number of ether oxygens (including phenoxy) is 1. The third kappa shape index (κ3) is 2.85. The lowest BCUT2D eigenvalue weighted by atomic mass is 10.1. The molecular weight excluding hydrogens is 260 g/mol. The summed E-state index contributed by atoms with van der Waals surface area (Å²) >= 11 is 0. The first-order chi connectivity index (χ1) is 9.51. The van der Waals surface area contributed by atoms with Gasteiger partial charge in [0.2, 0.25) is 0 Å². The Balaban J connectivity index is 2.41. The standard InChI is InChI=1S/C14H14N2O4/c1-3-9-6-11(8(2)16-13(9)17)12-5-4-10(7-15-12)20-14(18)19/h4-7H,3H2,1-2H3,(H,16,17)(H,18,19). The first-order valence-corrected chi connectivity index (χ1v) is 6.11. The van der Waals surface area contributed by atoms with Crippen LogP contribution in [0.4, 0.5) is 4.79 Å². The Kier molecular flexibility index (Phi) is 3.84. The molecule has 0 amide bonds. The highest BCUT2D eigenvalue weighted by molar-refractivity contribution is 5.64. The second-order valence-corrected chi connectivity index (χ2v) is 4.26. The van der Waals surface area contributed by atoms with E-state index in [2.05, 4.69) is 14.7 Å². The fourth-order valence-electron chi connectivity index (χ4n) is 1.90. The smallest absolute Gasteiger partial charge is 0.449 e. The number of hydrogen-bond donors (Lipinski definition) is 2. The number of pyridine rings is 2. The first-order valence-electron chi connectivity index (χ1n) is 6.11. The van der Waals surface area contributed by atoms with Crippen molar-refractivity contribution >= 4 is 6.16 Å². The Hall–Kier alpha value is -2.63. The molecule has 0 aliphatic rings. The summed E-state index contributed by atoms with van der Waals surface area (Å²) in [5.41, 5.74) is 2.75. The van der Waals surface area contributed by atoms with Crippen molar-refractivity contribution in [1.29, 1.82) is 0 Å². The number of aromatic nitrogens is 2. The minimum atomic E-state index is -1.38. The molecule has 0 spiro atoms. The Labute approximate surface area is 115 Å². The van der Waals surface area contributed by atoms with E-state index in [0.29, 0.717) is 23.4 Å². The highest BCUT2D eigenvalue weighted by Crippen LogP contribution is 2.22. The molecule has 0 saturated carbocycles. The number of nitrogens with zero attached hydrogens (tertiary/aromatic N) is 1. The minimum absolute atomic E-state index is 0.0976. The zero-order chi connectivity index (χ0) is 14.7. The van der Waals surface area contributed by atoms with Gasteiger partial charge in [-0.3, -0.25) is 9.78 Å². The molecule has 0 bridgehead atoms. The highest BCUT2D eigenvalue weighted by atomic mass is 16.7. The molecule has 2 aromatic heterocycles. The van der Waals surface area contributed by atoms with Gasteiger partial charge in [0.15, 0.2) is 5.75 Å². The maximum Gasteiger partial charge on any atom is 0.511 e. The van der Waals surface area contributed by atoms with Gasteiger partial charge < -0.3 is 14.8 Å². The SMILES string of the molecule is CCc1cc(-c2ccc(OC(=O)O)cn2)c(C)[nH]c1=O. The van der Waals surface area contributed by atoms with Crippen molar-refractivity contribution in [1.82, 2.24) is 9.97 Å². The van der Waals surface area contributed by atoms with Crippen LogP contribution in [0.1, 0.15) is 18.2 Å². The lowest BCUT2D eigenvalue weighted by molar-refractivity contribution is 0.144. The van der Waals surface area contributed by atoms with E-state index in [-0.39, 0.29) is 11.3 Å². The Morgan fingerprint density at radius 3 is 2.75 bits per heavy atom. The lowest BCUT2D eigenvalue weighted by Crippen LogP contribution is -2.13. The fraction of sp³-hybridized carbons (Fsp3) is 0.214. The van der Waals surface area contributed by atoms with Crippen LogP contribution in [0.2, 0.25) is 0 Å². The van der Waals surface area contributed by atoms with Gasteiger partial charge in [0.1, 0.15) is 0 Å². The summed E-state index contributed by atoms with van der Waals surface area (Å²) in [5.74, 6) is 0.152. The average Bonchev–Trinajstić information content (AvgIpc) is 2.39. The monoisotopic (exact) mass is 274 g/mol. The molecule has 0 aliphatic heterocycles. The van der Waals surface area contributed by atoms with E-state index in [1.54, 1.807) is 19.1 Å². The molecule has 0 radical (unpaired) electrons. The van der Waals surface area contributed by atoms with Gasteiger partial charge in [-0.2, -0.15) is 0 Å². The first kappa shape index (κ1) is 13.8. The number of hydrogen-bond acceptors (Lipinski definition) is 4. The quantitative estimate of drug-likeness (QED) is 0.838. The molecule has 0 saturated heterocycles. The van der Waals surface area contributed by atoms with Gasteiger partial charge in [-0.25, -0.2) is 4.79 Å². The minimum Gasteiger partial charge on any atom is -0.449 e. The van der Waals surface area contributed by atoms with Crippen molar-refractivity contribution < 1.29 is 14.6 Å². The Morgan fingerprint density at radius 1 is 1.45 bits per heavy atom. The molecular formula is C14H14N2O4. The van der Waals surface area contributed by atoms with E-state index in [4.69, 9.17) is 5.11 Å². The number of aromatic amines is 1. The molecule has 2 rings (SSSR count). The number of carbonyl (C=O) groups is 1. The van der Waals surface area contributed by atoms with Crippen molar-refractivity contribution in [2.24, 2.45) is 0 Å². The maximum atomic E-state index is 11.7. The summed E-state index contributed by atoms with van der Waals surface area (Å²) < 4.78 is 4.50. The van der Waals surface area contributed by atoms with Crippen LogP contribution in [-0.4, -0.2) is 21.2 Å². The molecule has 2 heterocycles. The third-order valence-electron chi connectivity index (χ3n) is 2.91. The topological polar surface area (TPSA) is 92.3 Å². The second-order valence-electron chi connectivity index (χ2n) is 4.26. The van der Waals surface area contributed by atoms with Crippen LogP contribution in [0.25, 0.3) is 11.3 Å². The van der Waals surface area contributed by atoms with Crippen molar-refractivity contribution in [3.63, 3.8) is 0 Å². The summed E-state index contributed by atoms with van der Waals surface area (Å²) in [5, 5.41) is 8.51. The largest absolute Gasteiger partial charge is 0.511 e. The molecule has 0 fully saturated rings. The molecule has 6 nitrogen and oxygen atoms in total. The predicted octanol–water partition coefficient (Wildman–Crippen LogP) is 2.36. The average molecular weight is 274 g/mol. The molecule has 0 aromatic carbocycles. The summed E-state index contributed by atoms with van der Waals surface area (Å²) in [6.45, 7) is 3.69. The van der Waals surface area contributed by atoms with Crippen LogP contribution < -0.4 is 10.3 Å². The number of H-pyrrole nitrogens is 1. The van der Waals surface area contributed by atoms with Crippen LogP contribution in [0.3, 0.4) is 0 Å². The maximum absolute atomic E-state index is 11.7. The summed E-state index contributed by atoms with van der Waals surface area (Å²) in [7, 11) is 0. The van der Waals surface area contributed by atoms with E-state index in [0.717, 1.165) is 5.56 Å². The van der Waals surface area contributed by atoms with Crippen LogP contribution in [-0.2, 0) is 6.42 Å². The van der Waals surface area contributed by atoms with Crippen molar-refractivity contribution in [3.8, 4) is 17.0 Å². The molecule has 20 heavy (non-hydrogen) atoms. The molecule has 0 aliphatic carbocycles. The number of carboxylic acid groups (broad SMARTS) is 1. The zero-order valence-corrected chi connectivity index (χ0v) is 11.1. The Morgan fingerprint density at radius 2 is 2.20 bits per heavy atom. The predicted molar refractivity (Wildman–Crippen MR) is 73.1 cm³/mol. The normalized spacial score (nSPS) is 10.3. The highest BCUT2D eigenvalue weighted by Gasteiger charge is 2.09. The van der Waals surface area contributed by atoms with E-state index in [1.807, 2.05) is 6.92 Å². The summed E-state index contributed by atoms with van der Waals surface area (Å²) in [4.78, 5) is 29.0. The second kappa shape index (κ2) is 5.56. The van der Waals surface area contributed by atoms with E-state index in [1.165, 1.54) is 12.3 Å². The molecule has 6 heteroatoms. The molecule has 0 atom stereocenters. The van der Waals surface area contributed by atoms with Crippen LogP contribution in [0, 0.1) is 6.92 Å². The zero-order valence-electron chi connectivity index (χ0n) is 11.1. The van der Waals surface area contributed by atoms with E-state index >= 15 is 0 Å². The van der Waals surface area contributed by atoms with Gasteiger partial charge in [0.05, 0.1) is 11.9 Å². The van der Waals surface area contributed by atoms with Gasteiger partial charge in [-0.05, 0) is 31.5 Å². The van der Waals surface area contributed by atoms with Gasteiger partial charge in [-0.15, -0.1) is 0 Å². The number of nitrogens with one attached hydrogen (secondary N) is 1.